The molecule has 22 heteroatoms. The van der Waals surface area contributed by atoms with E-state index in [9.17, 15) is 19.2 Å². The van der Waals surface area contributed by atoms with Crippen LogP contribution in [0, 0.1) is 5.92 Å². The number of ether oxygens (including phenoxy) is 8. The number of carbonyl (C=O) groups excluding carboxylic acids is 4. The first kappa shape index (κ1) is 59.3. The van der Waals surface area contributed by atoms with Crippen LogP contribution < -0.4 is 29.6 Å². The maximum absolute atomic E-state index is 14.5. The van der Waals surface area contributed by atoms with E-state index in [1.54, 1.807) is 41.6 Å². The fourth-order valence-electron chi connectivity index (χ4n) is 9.69. The van der Waals surface area contributed by atoms with E-state index in [1.165, 1.54) is 57.4 Å². The summed E-state index contributed by atoms with van der Waals surface area (Å²) in [4.78, 5) is 68.3. The smallest absolute Gasteiger partial charge is 0.411 e. The molecule has 0 spiro atoms. The number of nitrogens with zero attached hydrogens (tertiary/aromatic N) is 4. The number of rotatable bonds is 26. The molecule has 79 heavy (non-hydrogen) atoms. The molecule has 2 aromatic heterocycles. The molecule has 4 unspecified atom stereocenters. The maximum Gasteiger partial charge on any atom is 0.411 e. The Kier molecular flexibility index (Phi) is 22.2. The van der Waals surface area contributed by atoms with Crippen LogP contribution >= 0.6 is 43.2 Å². The van der Waals surface area contributed by atoms with Crippen LogP contribution in [0.1, 0.15) is 85.9 Å². The number of benzene rings is 2. The molecule has 2 aromatic carbocycles. The van der Waals surface area contributed by atoms with Gasteiger partial charge in [-0.15, -0.1) is 0 Å². The minimum atomic E-state index is -0.722. The highest BCUT2D eigenvalue weighted by Gasteiger charge is 2.41. The van der Waals surface area contributed by atoms with Crippen molar-refractivity contribution in [3.63, 3.8) is 0 Å². The first-order valence-electron chi connectivity index (χ1n) is 26.6. The summed E-state index contributed by atoms with van der Waals surface area (Å²) in [6.45, 7) is 15.7. The van der Waals surface area contributed by atoms with Gasteiger partial charge in [0.15, 0.2) is 23.0 Å². The number of unbranched alkanes of at least 4 members (excludes halogenated alkanes) is 2. The highest BCUT2D eigenvalue weighted by molar-refractivity contribution is 8.77. The fraction of sp³-hybridized carbons (Fsp3) is 0.474. The Hall–Kier alpha value is -5.78. The molecule has 0 saturated carbocycles. The summed E-state index contributed by atoms with van der Waals surface area (Å²) in [5.41, 5.74) is 2.78. The zero-order valence-electron chi connectivity index (χ0n) is 45.1. The first-order chi connectivity index (χ1) is 38.4. The highest BCUT2D eigenvalue weighted by Crippen LogP contribution is 2.41. The average Bonchev–Trinajstić information content (AvgIpc) is 4.39. The van der Waals surface area contributed by atoms with Gasteiger partial charge < -0.3 is 47.7 Å². The van der Waals surface area contributed by atoms with Gasteiger partial charge in [-0.25, -0.2) is 19.6 Å². The zero-order valence-corrected chi connectivity index (χ0v) is 48.4. The largest absolute Gasteiger partial charge is 0.493 e. The molecule has 4 aliphatic rings. The second-order valence-corrected chi connectivity index (χ2v) is 25.0. The van der Waals surface area contributed by atoms with Gasteiger partial charge in [-0.05, 0) is 123 Å². The molecule has 6 atom stereocenters. The zero-order chi connectivity index (χ0) is 55.7. The molecule has 4 saturated heterocycles. The van der Waals surface area contributed by atoms with Crippen molar-refractivity contribution in [1.29, 1.82) is 0 Å². The molecule has 2 N–H and O–H groups in total. The number of methoxy groups -OCH3 is 2. The number of pyridine rings is 2. The molecule has 0 bridgehead atoms. The Balaban J connectivity index is 0.906. The van der Waals surface area contributed by atoms with Crippen LogP contribution in [-0.2, 0) is 18.9 Å². The van der Waals surface area contributed by atoms with E-state index < -0.39 is 12.2 Å². The van der Waals surface area contributed by atoms with Gasteiger partial charge in [-0.3, -0.25) is 20.2 Å². The van der Waals surface area contributed by atoms with E-state index in [1.807, 2.05) is 55.1 Å². The number of aromatic nitrogens is 2. The Morgan fingerprint density at radius 3 is 1.66 bits per heavy atom. The standard InChI is InChI=1S/C57H70N6O12S4/c1-36-25-45(40-18-24-70-35-40)62(31-36)54(64)41-27-48(68-5)50(29-43(41)60-56(66)74-33-38(3)76-78-52-16-8-10-19-58-52)72-21-12-7-13-22-73-51-30-44(61-57(67)75-34-39(4)77-79-53-17-9-11-20-59-53)42(28-49(51)69-6)55(65)63-32-37(2)26-46(63)47-15-14-23-71-47/h8-11,16-17,19-20,27-30,38-40,45-47H,1-2,7,12-15,18,21-26,31-35H2,3-6H3,(H,60,66)(H,61,67)/t38?,39?,40?,45-,46-,47?/m0/s1. The molecule has 8 rings (SSSR count). The molecule has 0 aliphatic carbocycles. The summed E-state index contributed by atoms with van der Waals surface area (Å²) in [6, 6.07) is 17.5. The molecule has 4 aliphatic heterocycles. The lowest BCUT2D eigenvalue weighted by Crippen LogP contribution is -2.42. The van der Waals surface area contributed by atoms with E-state index in [0.29, 0.717) is 88.0 Å². The number of likely N-dealkylation sites (tertiary alicyclic amines) is 2. The first-order valence-corrected chi connectivity index (χ1v) is 31.0. The Morgan fingerprint density at radius 1 is 0.684 bits per heavy atom. The van der Waals surface area contributed by atoms with Gasteiger partial charge in [-0.2, -0.15) is 0 Å². The van der Waals surface area contributed by atoms with Gasteiger partial charge in [0.25, 0.3) is 11.8 Å². The van der Waals surface area contributed by atoms with E-state index in [2.05, 4.69) is 33.8 Å². The quantitative estimate of drug-likeness (QED) is 0.0341. The third-order valence-corrected chi connectivity index (χ3v) is 19.1. The predicted octanol–water partition coefficient (Wildman–Crippen LogP) is 11.6. The number of nitrogens with one attached hydrogen (secondary N) is 2. The molecule has 6 heterocycles. The molecule has 4 amide bonds. The van der Waals surface area contributed by atoms with Crippen LogP contribution in [0.25, 0.3) is 0 Å². The Morgan fingerprint density at radius 2 is 1.20 bits per heavy atom. The van der Waals surface area contributed by atoms with Gasteiger partial charge in [-0.1, -0.05) is 58.0 Å². The van der Waals surface area contributed by atoms with Crippen LogP contribution in [0.15, 0.2) is 107 Å². The third kappa shape index (κ3) is 16.7. The molecular weight excluding hydrogens is 1090 g/mol. The number of anilines is 2. The van der Waals surface area contributed by atoms with E-state index in [4.69, 9.17) is 37.9 Å². The minimum Gasteiger partial charge on any atom is -0.493 e. The average molecular weight is 1160 g/mol. The number of hydrogen-bond donors (Lipinski definition) is 2. The normalized spacial score (nSPS) is 19.7. The molecule has 18 nitrogen and oxygen atoms in total. The van der Waals surface area contributed by atoms with Crippen LogP contribution in [0.3, 0.4) is 0 Å². The van der Waals surface area contributed by atoms with Crippen molar-refractivity contribution in [2.45, 2.75) is 104 Å². The van der Waals surface area contributed by atoms with Crippen molar-refractivity contribution in [1.82, 2.24) is 19.8 Å². The van der Waals surface area contributed by atoms with Crippen LogP contribution in [0.4, 0.5) is 21.0 Å². The fourth-order valence-corrected chi connectivity index (χ4v) is 13.4. The topological polar surface area (TPSA) is 198 Å². The maximum atomic E-state index is 14.5. The summed E-state index contributed by atoms with van der Waals surface area (Å²) in [6.07, 6.45) is 7.73. The van der Waals surface area contributed by atoms with Crippen LogP contribution in [0.2, 0.25) is 0 Å². The van der Waals surface area contributed by atoms with Crippen LogP contribution in [0.5, 0.6) is 23.0 Å². The van der Waals surface area contributed by atoms with Gasteiger partial charge in [0.1, 0.15) is 23.3 Å². The monoisotopic (exact) mass is 1160 g/mol. The Labute approximate surface area is 478 Å². The number of hydrogen-bond acceptors (Lipinski definition) is 18. The Bertz CT molecular complexity index is 2550. The predicted molar refractivity (Wildman–Crippen MR) is 310 cm³/mol. The number of amides is 4. The molecule has 4 aromatic rings. The molecule has 424 valence electrons. The summed E-state index contributed by atoms with van der Waals surface area (Å²) in [5.74, 6) is 0.916. The van der Waals surface area contributed by atoms with Gasteiger partial charge in [0.05, 0.1) is 68.7 Å². The van der Waals surface area contributed by atoms with Gasteiger partial charge in [0.2, 0.25) is 0 Å². The van der Waals surface area contributed by atoms with E-state index in [-0.39, 0.29) is 95.3 Å². The van der Waals surface area contributed by atoms with E-state index >= 15 is 0 Å². The SMILES string of the molecule is C=C1C[C@@H](C2CCOC2)N(C(=O)c2cc(OC)c(OCCCCCOc3cc(NC(=O)OCC(C)SSc4ccccn4)c(C(=O)N4CC(=C)C[C@H]4C4CCCO4)cc3OC)cc2NC(=O)OCC(C)SSc2ccccn2)C1. The van der Waals surface area contributed by atoms with Crippen molar-refractivity contribution in [2.24, 2.45) is 5.92 Å². The second-order valence-electron chi connectivity index (χ2n) is 19.7. The molecule has 4 fully saturated rings. The second kappa shape index (κ2) is 29.6. The van der Waals surface area contributed by atoms with Gasteiger partial charge >= 0.3 is 12.2 Å². The van der Waals surface area contributed by atoms with Crippen molar-refractivity contribution in [2.75, 3.05) is 84.2 Å². The summed E-state index contributed by atoms with van der Waals surface area (Å²) < 4.78 is 47.3. The third-order valence-electron chi connectivity index (χ3n) is 13.6. The van der Waals surface area contributed by atoms with Crippen molar-refractivity contribution < 1.29 is 57.1 Å². The summed E-state index contributed by atoms with van der Waals surface area (Å²) in [7, 11) is 9.07. The lowest BCUT2D eigenvalue weighted by Gasteiger charge is -2.29. The van der Waals surface area contributed by atoms with E-state index in [0.717, 1.165) is 40.5 Å². The summed E-state index contributed by atoms with van der Waals surface area (Å²) in [5, 5.41) is 7.24. The number of carbonyl (C=O) groups is 4. The molecular formula is C57H70N6O12S4. The minimum absolute atomic E-state index is 0.0636. The lowest BCUT2D eigenvalue weighted by atomic mass is 9.95. The van der Waals surface area contributed by atoms with Crippen molar-refractivity contribution >= 4 is 78.6 Å². The van der Waals surface area contributed by atoms with Crippen molar-refractivity contribution in [3.8, 4) is 23.0 Å². The summed E-state index contributed by atoms with van der Waals surface area (Å²) >= 11 is 0. The van der Waals surface area contributed by atoms with Crippen LogP contribution in [-0.4, -0.2) is 146 Å². The molecule has 0 radical (unpaired) electrons. The highest BCUT2D eigenvalue weighted by atomic mass is 33.1. The van der Waals surface area contributed by atoms with Crippen molar-refractivity contribution in [3.05, 3.63) is 108 Å². The lowest BCUT2D eigenvalue weighted by molar-refractivity contribution is 0.0341. The van der Waals surface area contributed by atoms with Gasteiger partial charge in [0, 0.05) is 73.3 Å².